The van der Waals surface area contributed by atoms with Crippen LogP contribution in [0.25, 0.3) is 11.1 Å². The number of alkyl halides is 3. The van der Waals surface area contributed by atoms with Crippen molar-refractivity contribution in [3.8, 4) is 11.1 Å². The van der Waals surface area contributed by atoms with Crippen LogP contribution < -0.4 is 11.1 Å². The molecule has 0 fully saturated rings. The summed E-state index contributed by atoms with van der Waals surface area (Å²) in [6.07, 6.45) is -4.01. The van der Waals surface area contributed by atoms with Gasteiger partial charge >= 0.3 is 6.18 Å². The molecule has 3 aromatic carbocycles. The van der Waals surface area contributed by atoms with Crippen molar-refractivity contribution in [1.82, 2.24) is 0 Å². The van der Waals surface area contributed by atoms with E-state index < -0.39 is 17.6 Å². The number of halogens is 3. The number of nitrogens with two attached hydrogens (primary N) is 1. The molecule has 7 heteroatoms. The molecule has 0 saturated heterocycles. The highest BCUT2D eigenvalue weighted by atomic mass is 19.4. The highest BCUT2D eigenvalue weighted by Crippen LogP contribution is 2.34. The Hall–Kier alpha value is -3.61. The summed E-state index contributed by atoms with van der Waals surface area (Å²) >= 11 is 0. The summed E-state index contributed by atoms with van der Waals surface area (Å²) in [5.74, 6) is -0.719. The summed E-state index contributed by atoms with van der Waals surface area (Å²) in [6.45, 7) is 0. The van der Waals surface area contributed by atoms with Gasteiger partial charge in [-0.05, 0) is 41.5 Å². The average Bonchev–Trinajstić information content (AvgIpc) is 2.67. The second-order valence-electron chi connectivity index (χ2n) is 6.04. The maximum Gasteiger partial charge on any atom is 0.416 e. The summed E-state index contributed by atoms with van der Waals surface area (Å²) in [6, 6.07) is 15.9. The zero-order chi connectivity index (χ0) is 20.3. The number of carbonyl (C=O) groups is 2. The summed E-state index contributed by atoms with van der Waals surface area (Å²) in [7, 11) is 0. The molecule has 0 spiro atoms. The highest BCUT2D eigenvalue weighted by Gasteiger charge is 2.32. The van der Waals surface area contributed by atoms with Crippen molar-refractivity contribution in [3.05, 3.63) is 83.4 Å². The minimum absolute atomic E-state index is 0.126. The number of hydrogen-bond acceptors (Lipinski definition) is 3. The van der Waals surface area contributed by atoms with Gasteiger partial charge in [-0.15, -0.1) is 0 Å². The molecule has 4 nitrogen and oxygen atoms in total. The lowest BCUT2D eigenvalue weighted by atomic mass is 9.96. The Labute approximate surface area is 158 Å². The first kappa shape index (κ1) is 19.2. The maximum atomic E-state index is 13.1. The van der Waals surface area contributed by atoms with Gasteiger partial charge in [-0.2, -0.15) is 13.2 Å². The topological polar surface area (TPSA) is 72.2 Å². The van der Waals surface area contributed by atoms with Gasteiger partial charge < -0.3 is 11.1 Å². The first-order chi connectivity index (χ1) is 13.3. The van der Waals surface area contributed by atoms with E-state index in [0.717, 1.165) is 12.1 Å². The van der Waals surface area contributed by atoms with Crippen LogP contribution >= 0.6 is 0 Å². The van der Waals surface area contributed by atoms with Crippen LogP contribution in [0.4, 0.5) is 24.5 Å². The van der Waals surface area contributed by atoms with Crippen LogP contribution in [-0.2, 0) is 6.18 Å². The first-order valence-corrected chi connectivity index (χ1v) is 8.22. The van der Waals surface area contributed by atoms with Gasteiger partial charge in [-0.25, -0.2) is 0 Å². The van der Waals surface area contributed by atoms with E-state index in [9.17, 15) is 22.8 Å². The van der Waals surface area contributed by atoms with Crippen LogP contribution in [0.15, 0.2) is 66.7 Å². The number of rotatable bonds is 4. The van der Waals surface area contributed by atoms with Crippen LogP contribution in [0.3, 0.4) is 0 Å². The molecular weight excluding hydrogens is 369 g/mol. The predicted octanol–water partition coefficient (Wildman–Crippen LogP) is 5.02. The molecule has 0 heterocycles. The van der Waals surface area contributed by atoms with E-state index in [1.807, 2.05) is 0 Å². The van der Waals surface area contributed by atoms with Crippen molar-refractivity contribution < 1.29 is 22.8 Å². The Kier molecular flexibility index (Phi) is 5.17. The molecular formula is C21H15F3N2O2. The Bertz CT molecular complexity index is 1030. The SMILES string of the molecule is Nc1cc(NC(=O)c2cc(C(F)(F)F)ccc2-c2ccccc2)ccc1C=O. The van der Waals surface area contributed by atoms with E-state index in [-0.39, 0.29) is 22.5 Å². The van der Waals surface area contributed by atoms with Gasteiger partial charge in [-0.3, -0.25) is 9.59 Å². The largest absolute Gasteiger partial charge is 0.416 e. The van der Waals surface area contributed by atoms with Gasteiger partial charge in [-0.1, -0.05) is 36.4 Å². The molecule has 142 valence electrons. The van der Waals surface area contributed by atoms with Crippen molar-refractivity contribution in [1.29, 1.82) is 0 Å². The average molecular weight is 384 g/mol. The van der Waals surface area contributed by atoms with Gasteiger partial charge in [0, 0.05) is 22.5 Å². The molecule has 1 amide bonds. The standard InChI is InChI=1S/C21H15F3N2O2/c22-21(23,24)15-7-9-17(13-4-2-1-3-5-13)18(10-15)20(28)26-16-8-6-14(12-27)19(25)11-16/h1-12H,25H2,(H,26,28). The van der Waals surface area contributed by atoms with Crippen LogP contribution in [0, 0.1) is 0 Å². The van der Waals surface area contributed by atoms with Crippen molar-refractivity contribution >= 4 is 23.6 Å². The highest BCUT2D eigenvalue weighted by molar-refractivity contribution is 6.09. The van der Waals surface area contributed by atoms with Crippen LogP contribution in [-0.4, -0.2) is 12.2 Å². The third-order valence-corrected chi connectivity index (χ3v) is 4.15. The minimum atomic E-state index is -4.58. The molecule has 0 bridgehead atoms. The number of anilines is 2. The summed E-state index contributed by atoms with van der Waals surface area (Å²) in [4.78, 5) is 23.6. The van der Waals surface area contributed by atoms with Gasteiger partial charge in [0.2, 0.25) is 0 Å². The van der Waals surface area contributed by atoms with Gasteiger partial charge in [0.1, 0.15) is 0 Å². The lowest BCUT2D eigenvalue weighted by Gasteiger charge is -2.14. The van der Waals surface area contributed by atoms with E-state index in [2.05, 4.69) is 5.32 Å². The molecule has 28 heavy (non-hydrogen) atoms. The molecule has 0 aromatic heterocycles. The molecule has 3 aromatic rings. The second kappa shape index (κ2) is 7.56. The number of carbonyl (C=O) groups excluding carboxylic acids is 2. The van der Waals surface area contributed by atoms with Crippen molar-refractivity contribution in [2.24, 2.45) is 0 Å². The monoisotopic (exact) mass is 384 g/mol. The van der Waals surface area contributed by atoms with Gasteiger partial charge in [0.25, 0.3) is 5.91 Å². The molecule has 0 aliphatic heterocycles. The molecule has 0 radical (unpaired) electrons. The Balaban J connectivity index is 2.03. The molecule has 0 saturated carbocycles. The summed E-state index contributed by atoms with van der Waals surface area (Å²) in [5, 5.41) is 2.54. The van der Waals surface area contributed by atoms with E-state index >= 15 is 0 Å². The first-order valence-electron chi connectivity index (χ1n) is 8.22. The van der Waals surface area contributed by atoms with Crippen LogP contribution in [0.1, 0.15) is 26.3 Å². The van der Waals surface area contributed by atoms with E-state index in [4.69, 9.17) is 5.73 Å². The molecule has 0 aliphatic rings. The van der Waals surface area contributed by atoms with Crippen molar-refractivity contribution in [3.63, 3.8) is 0 Å². The zero-order valence-electron chi connectivity index (χ0n) is 14.5. The molecule has 3 N–H and O–H groups in total. The van der Waals surface area contributed by atoms with Crippen LogP contribution in [0.5, 0.6) is 0 Å². The number of aldehydes is 1. The Morgan fingerprint density at radius 2 is 1.68 bits per heavy atom. The minimum Gasteiger partial charge on any atom is -0.398 e. The zero-order valence-corrected chi connectivity index (χ0v) is 14.5. The summed E-state index contributed by atoms with van der Waals surface area (Å²) in [5.41, 5.74) is 6.31. The fraction of sp³-hybridized carbons (Fsp3) is 0.0476. The van der Waals surface area contributed by atoms with Gasteiger partial charge in [0.05, 0.1) is 5.56 Å². The third-order valence-electron chi connectivity index (χ3n) is 4.15. The van der Waals surface area contributed by atoms with E-state index in [1.54, 1.807) is 30.3 Å². The van der Waals surface area contributed by atoms with Crippen molar-refractivity contribution in [2.45, 2.75) is 6.18 Å². The fourth-order valence-corrected chi connectivity index (χ4v) is 2.74. The van der Waals surface area contributed by atoms with Gasteiger partial charge in [0.15, 0.2) is 6.29 Å². The van der Waals surface area contributed by atoms with Crippen LogP contribution in [0.2, 0.25) is 0 Å². The Morgan fingerprint density at radius 1 is 0.964 bits per heavy atom. The fourth-order valence-electron chi connectivity index (χ4n) is 2.74. The predicted molar refractivity (Wildman–Crippen MR) is 101 cm³/mol. The third kappa shape index (κ3) is 4.03. The quantitative estimate of drug-likeness (QED) is 0.490. The molecule has 0 unspecified atom stereocenters. The molecule has 0 atom stereocenters. The number of benzene rings is 3. The smallest absolute Gasteiger partial charge is 0.398 e. The Morgan fingerprint density at radius 3 is 2.29 bits per heavy atom. The number of nitrogen functional groups attached to an aromatic ring is 1. The number of nitrogens with one attached hydrogen (secondary N) is 1. The van der Waals surface area contributed by atoms with E-state index in [1.165, 1.54) is 24.3 Å². The maximum absolute atomic E-state index is 13.1. The normalized spacial score (nSPS) is 11.1. The number of hydrogen-bond donors (Lipinski definition) is 2. The second-order valence-corrected chi connectivity index (χ2v) is 6.04. The molecule has 3 rings (SSSR count). The summed E-state index contributed by atoms with van der Waals surface area (Å²) < 4.78 is 39.4. The van der Waals surface area contributed by atoms with Crippen molar-refractivity contribution in [2.75, 3.05) is 11.1 Å². The molecule has 0 aliphatic carbocycles. The lowest BCUT2D eigenvalue weighted by molar-refractivity contribution is -0.137. The lowest BCUT2D eigenvalue weighted by Crippen LogP contribution is -2.15. The van der Waals surface area contributed by atoms with E-state index in [0.29, 0.717) is 17.4 Å². The number of amides is 1.